The van der Waals surface area contributed by atoms with Gasteiger partial charge in [0.25, 0.3) is 0 Å². The minimum absolute atomic E-state index is 0.840. The number of hydrogen-bond donors (Lipinski definition) is 2. The maximum atomic E-state index is 5.50. The van der Waals surface area contributed by atoms with Crippen molar-refractivity contribution in [1.29, 1.82) is 0 Å². The van der Waals surface area contributed by atoms with Crippen molar-refractivity contribution < 1.29 is 0 Å². The quantitative estimate of drug-likeness (QED) is 0.509. The second-order valence-electron chi connectivity index (χ2n) is 6.06. The van der Waals surface area contributed by atoms with Crippen LogP contribution in [0.1, 0.15) is 51.4 Å². The first kappa shape index (κ1) is 18.2. The van der Waals surface area contributed by atoms with Gasteiger partial charge in [-0.2, -0.15) is 0 Å². The van der Waals surface area contributed by atoms with Crippen LogP contribution in [0.4, 0.5) is 5.69 Å². The van der Waals surface area contributed by atoms with E-state index in [2.05, 4.69) is 50.5 Å². The maximum absolute atomic E-state index is 5.50. The van der Waals surface area contributed by atoms with Crippen LogP contribution in [-0.4, -0.2) is 18.1 Å². The highest BCUT2D eigenvalue weighted by atomic mass is 79.9. The van der Waals surface area contributed by atoms with Crippen molar-refractivity contribution in [1.82, 2.24) is 4.98 Å². The SMILES string of the molecule is NCCCCCCCCCCNc1ccnc2cc(Br)ccc12. The van der Waals surface area contributed by atoms with E-state index in [0.717, 1.165) is 23.1 Å². The number of pyridine rings is 1. The van der Waals surface area contributed by atoms with Crippen LogP contribution in [0.15, 0.2) is 34.9 Å². The Bertz CT molecular complexity index is 586. The molecule has 1 heterocycles. The topological polar surface area (TPSA) is 50.9 Å². The van der Waals surface area contributed by atoms with Gasteiger partial charge in [0.15, 0.2) is 0 Å². The fourth-order valence-corrected chi connectivity index (χ4v) is 3.18. The molecule has 0 aliphatic rings. The van der Waals surface area contributed by atoms with Gasteiger partial charge in [-0.05, 0) is 43.7 Å². The third-order valence-corrected chi connectivity index (χ3v) is 4.64. The lowest BCUT2D eigenvalue weighted by Gasteiger charge is -2.09. The first-order chi connectivity index (χ1) is 11.3. The van der Waals surface area contributed by atoms with Crippen molar-refractivity contribution >= 4 is 32.5 Å². The monoisotopic (exact) mass is 377 g/mol. The zero-order valence-corrected chi connectivity index (χ0v) is 15.4. The Hall–Kier alpha value is -1.13. The van der Waals surface area contributed by atoms with Crippen molar-refractivity contribution in [2.45, 2.75) is 51.4 Å². The first-order valence-corrected chi connectivity index (χ1v) is 9.59. The summed E-state index contributed by atoms with van der Waals surface area (Å²) < 4.78 is 1.07. The second-order valence-corrected chi connectivity index (χ2v) is 6.98. The normalized spacial score (nSPS) is 11.0. The third-order valence-electron chi connectivity index (χ3n) is 4.15. The molecule has 2 rings (SSSR count). The number of aromatic nitrogens is 1. The lowest BCUT2D eigenvalue weighted by atomic mass is 10.1. The molecule has 0 aliphatic carbocycles. The highest BCUT2D eigenvalue weighted by Crippen LogP contribution is 2.24. The van der Waals surface area contributed by atoms with Crippen molar-refractivity contribution in [2.75, 3.05) is 18.4 Å². The van der Waals surface area contributed by atoms with E-state index in [1.165, 1.54) is 62.4 Å². The molecule has 1 aromatic heterocycles. The summed E-state index contributed by atoms with van der Waals surface area (Å²) in [7, 11) is 0. The molecule has 0 radical (unpaired) electrons. The predicted molar refractivity (Wildman–Crippen MR) is 104 cm³/mol. The number of nitrogens with two attached hydrogens (primary N) is 1. The highest BCUT2D eigenvalue weighted by molar-refractivity contribution is 9.10. The van der Waals surface area contributed by atoms with Gasteiger partial charge in [-0.15, -0.1) is 0 Å². The minimum atomic E-state index is 0.840. The lowest BCUT2D eigenvalue weighted by molar-refractivity contribution is 0.575. The second kappa shape index (κ2) is 10.6. The molecule has 0 amide bonds. The van der Waals surface area contributed by atoms with Crippen LogP contribution < -0.4 is 11.1 Å². The molecule has 0 unspecified atom stereocenters. The van der Waals surface area contributed by atoms with Crippen molar-refractivity contribution in [2.24, 2.45) is 5.73 Å². The molecule has 3 N–H and O–H groups in total. The average Bonchev–Trinajstić information content (AvgIpc) is 2.56. The number of halogens is 1. The van der Waals surface area contributed by atoms with Gasteiger partial charge in [0.05, 0.1) is 5.52 Å². The largest absolute Gasteiger partial charge is 0.384 e. The zero-order chi connectivity index (χ0) is 16.3. The van der Waals surface area contributed by atoms with Crippen molar-refractivity contribution in [3.05, 3.63) is 34.9 Å². The molecule has 126 valence electrons. The van der Waals surface area contributed by atoms with Gasteiger partial charge in [0.2, 0.25) is 0 Å². The van der Waals surface area contributed by atoms with Crippen LogP contribution in [0, 0.1) is 0 Å². The number of benzene rings is 1. The van der Waals surface area contributed by atoms with Gasteiger partial charge >= 0.3 is 0 Å². The van der Waals surface area contributed by atoms with Crippen LogP contribution in [-0.2, 0) is 0 Å². The Morgan fingerprint density at radius 3 is 2.35 bits per heavy atom. The van der Waals surface area contributed by atoms with E-state index in [4.69, 9.17) is 5.73 Å². The molecular formula is C19H28BrN3. The summed E-state index contributed by atoms with van der Waals surface area (Å²) in [5, 5.41) is 4.75. The Labute approximate surface area is 148 Å². The molecule has 0 bridgehead atoms. The first-order valence-electron chi connectivity index (χ1n) is 8.79. The molecular weight excluding hydrogens is 350 g/mol. The van der Waals surface area contributed by atoms with E-state index in [0.29, 0.717) is 0 Å². The Kier molecular flexibility index (Phi) is 8.40. The molecule has 0 aliphatic heterocycles. The number of unbranched alkanes of at least 4 members (excludes halogenated alkanes) is 7. The van der Waals surface area contributed by atoms with Gasteiger partial charge in [-0.25, -0.2) is 0 Å². The average molecular weight is 378 g/mol. The van der Waals surface area contributed by atoms with Gasteiger partial charge < -0.3 is 11.1 Å². The van der Waals surface area contributed by atoms with Crippen molar-refractivity contribution in [3.8, 4) is 0 Å². The van der Waals surface area contributed by atoms with Gasteiger partial charge in [-0.3, -0.25) is 4.98 Å². The molecule has 23 heavy (non-hydrogen) atoms. The molecule has 0 atom stereocenters. The molecule has 0 saturated carbocycles. The summed E-state index contributed by atoms with van der Waals surface area (Å²) >= 11 is 3.50. The molecule has 4 heteroatoms. The number of hydrogen-bond acceptors (Lipinski definition) is 3. The van der Waals surface area contributed by atoms with E-state index in [-0.39, 0.29) is 0 Å². The number of nitrogens with one attached hydrogen (secondary N) is 1. The molecule has 0 fully saturated rings. The van der Waals surface area contributed by atoms with Gasteiger partial charge in [0.1, 0.15) is 0 Å². The number of anilines is 1. The Morgan fingerprint density at radius 1 is 0.913 bits per heavy atom. The van der Waals surface area contributed by atoms with E-state index >= 15 is 0 Å². The lowest BCUT2D eigenvalue weighted by Crippen LogP contribution is -2.02. The molecule has 2 aromatic rings. The summed E-state index contributed by atoms with van der Waals surface area (Å²) in [6.45, 7) is 1.87. The number of nitrogens with zero attached hydrogens (tertiary/aromatic N) is 1. The Balaban J connectivity index is 1.63. The standard InChI is InChI=1S/C19H28BrN3/c20-16-9-10-17-18(11-14-23-19(17)15-16)22-13-8-6-4-2-1-3-5-7-12-21/h9-11,14-15H,1-8,12-13,21H2,(H,22,23). The molecule has 3 nitrogen and oxygen atoms in total. The summed E-state index contributed by atoms with van der Waals surface area (Å²) in [4.78, 5) is 4.42. The van der Waals surface area contributed by atoms with E-state index in [1.807, 2.05) is 6.20 Å². The third kappa shape index (κ3) is 6.48. The fourth-order valence-electron chi connectivity index (χ4n) is 2.83. The van der Waals surface area contributed by atoms with E-state index in [1.54, 1.807) is 0 Å². The van der Waals surface area contributed by atoms with Gasteiger partial charge in [0, 0.05) is 28.3 Å². The zero-order valence-electron chi connectivity index (χ0n) is 13.9. The smallest absolute Gasteiger partial charge is 0.0733 e. The van der Waals surface area contributed by atoms with E-state index < -0.39 is 0 Å². The number of rotatable bonds is 11. The van der Waals surface area contributed by atoms with Crippen LogP contribution in [0.2, 0.25) is 0 Å². The highest BCUT2D eigenvalue weighted by Gasteiger charge is 2.02. The minimum Gasteiger partial charge on any atom is -0.384 e. The molecule has 0 spiro atoms. The van der Waals surface area contributed by atoms with Crippen LogP contribution in [0.5, 0.6) is 0 Å². The predicted octanol–water partition coefficient (Wildman–Crippen LogP) is 5.49. The summed E-state index contributed by atoms with van der Waals surface area (Å²) in [6.07, 6.45) is 12.3. The summed E-state index contributed by atoms with van der Waals surface area (Å²) in [5.41, 5.74) is 7.72. The summed E-state index contributed by atoms with van der Waals surface area (Å²) in [5.74, 6) is 0. The summed E-state index contributed by atoms with van der Waals surface area (Å²) in [6, 6.07) is 8.31. The fraction of sp³-hybridized carbons (Fsp3) is 0.526. The molecule has 0 saturated heterocycles. The maximum Gasteiger partial charge on any atom is 0.0733 e. The van der Waals surface area contributed by atoms with Crippen LogP contribution >= 0.6 is 15.9 Å². The Morgan fingerprint density at radius 2 is 1.61 bits per heavy atom. The van der Waals surface area contributed by atoms with Crippen molar-refractivity contribution in [3.63, 3.8) is 0 Å². The van der Waals surface area contributed by atoms with Gasteiger partial charge in [-0.1, -0.05) is 54.5 Å². The van der Waals surface area contributed by atoms with Crippen LogP contribution in [0.25, 0.3) is 10.9 Å². The van der Waals surface area contributed by atoms with E-state index in [9.17, 15) is 0 Å². The van der Waals surface area contributed by atoms with Crippen LogP contribution in [0.3, 0.4) is 0 Å². The molecule has 1 aromatic carbocycles. The number of fused-ring (bicyclic) bond motifs is 1.